The number of rotatable bonds is 7. The minimum absolute atomic E-state index is 0.497. The second-order valence-electron chi connectivity index (χ2n) is 5.89. The summed E-state index contributed by atoms with van der Waals surface area (Å²) in [5, 5.41) is 9.65. The molecular formula is C20H24O3. The topological polar surface area (TPSA) is 46.5 Å². The minimum Gasteiger partial charge on any atom is -0.493 e. The summed E-state index contributed by atoms with van der Waals surface area (Å²) in [7, 11) is 0. The van der Waals surface area contributed by atoms with Crippen LogP contribution in [0.5, 0.6) is 5.75 Å². The van der Waals surface area contributed by atoms with Crippen molar-refractivity contribution >= 4 is 5.97 Å². The van der Waals surface area contributed by atoms with Gasteiger partial charge in [-0.05, 0) is 55.0 Å². The maximum atomic E-state index is 11.8. The van der Waals surface area contributed by atoms with Crippen LogP contribution in [0.25, 0.3) is 0 Å². The molecular weight excluding hydrogens is 288 g/mol. The van der Waals surface area contributed by atoms with Crippen molar-refractivity contribution < 1.29 is 14.6 Å². The lowest BCUT2D eigenvalue weighted by Gasteiger charge is -2.16. The quantitative estimate of drug-likeness (QED) is 0.818. The molecule has 1 N–H and O–H groups in total. The fourth-order valence-electron chi connectivity index (χ4n) is 2.67. The third-order valence-corrected chi connectivity index (χ3v) is 4.05. The van der Waals surface area contributed by atoms with Crippen molar-refractivity contribution in [2.45, 2.75) is 39.5 Å². The number of carboxylic acid groups (broad SMARTS) is 1. The zero-order chi connectivity index (χ0) is 16.8. The van der Waals surface area contributed by atoms with Crippen LogP contribution in [0.1, 0.15) is 41.5 Å². The van der Waals surface area contributed by atoms with Crippen LogP contribution in [0.4, 0.5) is 0 Å². The maximum absolute atomic E-state index is 11.8. The van der Waals surface area contributed by atoms with Crippen molar-refractivity contribution in [1.82, 2.24) is 0 Å². The van der Waals surface area contributed by atoms with E-state index in [0.717, 1.165) is 34.4 Å². The van der Waals surface area contributed by atoms with Crippen LogP contribution in [0.3, 0.4) is 0 Å². The van der Waals surface area contributed by atoms with Gasteiger partial charge in [-0.15, -0.1) is 0 Å². The summed E-state index contributed by atoms with van der Waals surface area (Å²) in [4.78, 5) is 11.8. The maximum Gasteiger partial charge on any atom is 0.311 e. The first kappa shape index (κ1) is 17.1. The van der Waals surface area contributed by atoms with Crippen molar-refractivity contribution in [2.24, 2.45) is 0 Å². The van der Waals surface area contributed by atoms with Gasteiger partial charge in [-0.3, -0.25) is 4.79 Å². The largest absolute Gasteiger partial charge is 0.493 e. The third kappa shape index (κ3) is 4.35. The highest BCUT2D eigenvalue weighted by Gasteiger charge is 2.21. The highest BCUT2D eigenvalue weighted by molar-refractivity contribution is 5.76. The zero-order valence-corrected chi connectivity index (χ0v) is 14.0. The molecule has 2 aromatic carbocycles. The van der Waals surface area contributed by atoms with E-state index in [4.69, 9.17) is 4.74 Å². The molecule has 0 radical (unpaired) electrons. The standard InChI is InChI=1S/C20H24O3/c1-4-11-23-19-10-9-17(12-15(19)3)18(20(21)22)13-16-8-6-5-7-14(16)2/h5-10,12,18H,4,11,13H2,1-3H3,(H,21,22). The normalized spacial score (nSPS) is 12.0. The Morgan fingerprint density at radius 3 is 2.48 bits per heavy atom. The molecule has 0 bridgehead atoms. The zero-order valence-electron chi connectivity index (χ0n) is 14.0. The van der Waals surface area contributed by atoms with E-state index >= 15 is 0 Å². The predicted molar refractivity (Wildman–Crippen MR) is 92.2 cm³/mol. The average molecular weight is 312 g/mol. The van der Waals surface area contributed by atoms with Gasteiger partial charge < -0.3 is 9.84 Å². The first-order chi connectivity index (χ1) is 11.0. The number of hydrogen-bond donors (Lipinski definition) is 1. The molecule has 3 heteroatoms. The number of benzene rings is 2. The Balaban J connectivity index is 2.26. The smallest absolute Gasteiger partial charge is 0.311 e. The molecule has 0 heterocycles. The van der Waals surface area contributed by atoms with Crippen molar-refractivity contribution in [3.63, 3.8) is 0 Å². The molecule has 0 amide bonds. The molecule has 0 saturated heterocycles. The Morgan fingerprint density at radius 1 is 1.13 bits per heavy atom. The number of ether oxygens (including phenoxy) is 1. The van der Waals surface area contributed by atoms with E-state index in [1.807, 2.05) is 56.3 Å². The van der Waals surface area contributed by atoms with E-state index in [0.29, 0.717) is 13.0 Å². The van der Waals surface area contributed by atoms with Crippen molar-refractivity contribution in [2.75, 3.05) is 6.61 Å². The monoisotopic (exact) mass is 312 g/mol. The summed E-state index contributed by atoms with van der Waals surface area (Å²) in [6.07, 6.45) is 1.45. The SMILES string of the molecule is CCCOc1ccc(C(Cc2ccccc2C)C(=O)O)cc1C. The average Bonchev–Trinajstić information content (AvgIpc) is 2.52. The molecule has 3 nitrogen and oxygen atoms in total. The van der Waals surface area contributed by atoms with Gasteiger partial charge in [0.2, 0.25) is 0 Å². The molecule has 0 aliphatic rings. The Bertz CT molecular complexity index is 676. The fourth-order valence-corrected chi connectivity index (χ4v) is 2.67. The summed E-state index contributed by atoms with van der Waals surface area (Å²) in [5.74, 6) is -0.513. The molecule has 0 spiro atoms. The minimum atomic E-state index is -0.796. The van der Waals surface area contributed by atoms with Gasteiger partial charge >= 0.3 is 5.97 Å². The van der Waals surface area contributed by atoms with E-state index in [9.17, 15) is 9.90 Å². The van der Waals surface area contributed by atoms with Crippen LogP contribution in [-0.2, 0) is 11.2 Å². The second kappa shape index (κ2) is 7.82. The van der Waals surface area contributed by atoms with Gasteiger partial charge in [-0.25, -0.2) is 0 Å². The van der Waals surface area contributed by atoms with E-state index in [-0.39, 0.29) is 0 Å². The highest BCUT2D eigenvalue weighted by Crippen LogP contribution is 2.27. The molecule has 0 aliphatic heterocycles. The van der Waals surface area contributed by atoms with Gasteiger partial charge in [0.05, 0.1) is 12.5 Å². The number of hydrogen-bond acceptors (Lipinski definition) is 2. The summed E-state index contributed by atoms with van der Waals surface area (Å²) in [6, 6.07) is 13.6. The molecule has 23 heavy (non-hydrogen) atoms. The fraction of sp³-hybridized carbons (Fsp3) is 0.350. The molecule has 2 rings (SSSR count). The number of carboxylic acids is 1. The predicted octanol–water partition coefficient (Wildman–Crippen LogP) is 4.50. The van der Waals surface area contributed by atoms with E-state index in [1.165, 1.54) is 0 Å². The second-order valence-corrected chi connectivity index (χ2v) is 5.89. The first-order valence-electron chi connectivity index (χ1n) is 8.03. The third-order valence-electron chi connectivity index (χ3n) is 4.05. The molecule has 1 unspecified atom stereocenters. The summed E-state index contributed by atoms with van der Waals surface area (Å²) < 4.78 is 5.67. The molecule has 122 valence electrons. The van der Waals surface area contributed by atoms with Gasteiger partial charge in [-0.2, -0.15) is 0 Å². The highest BCUT2D eigenvalue weighted by atomic mass is 16.5. The van der Waals surface area contributed by atoms with E-state index in [2.05, 4.69) is 6.92 Å². The Hall–Kier alpha value is -2.29. The van der Waals surface area contributed by atoms with Gasteiger partial charge in [0.25, 0.3) is 0 Å². The van der Waals surface area contributed by atoms with Gasteiger partial charge in [0.1, 0.15) is 5.75 Å². The summed E-state index contributed by atoms with van der Waals surface area (Å²) >= 11 is 0. The Kier molecular flexibility index (Phi) is 5.80. The van der Waals surface area contributed by atoms with Gasteiger partial charge in [-0.1, -0.05) is 43.3 Å². The number of aliphatic carboxylic acids is 1. The van der Waals surface area contributed by atoms with Crippen molar-refractivity contribution in [3.05, 3.63) is 64.7 Å². The van der Waals surface area contributed by atoms with Crippen LogP contribution in [-0.4, -0.2) is 17.7 Å². The van der Waals surface area contributed by atoms with Crippen LogP contribution < -0.4 is 4.74 Å². The lowest BCUT2D eigenvalue weighted by atomic mass is 9.89. The van der Waals surface area contributed by atoms with E-state index < -0.39 is 11.9 Å². The van der Waals surface area contributed by atoms with Crippen LogP contribution in [0.15, 0.2) is 42.5 Å². The van der Waals surface area contributed by atoms with Crippen molar-refractivity contribution in [3.8, 4) is 5.75 Å². The van der Waals surface area contributed by atoms with Gasteiger partial charge in [0.15, 0.2) is 0 Å². The molecule has 1 atom stereocenters. The molecule has 0 saturated carbocycles. The van der Waals surface area contributed by atoms with Crippen molar-refractivity contribution in [1.29, 1.82) is 0 Å². The number of carbonyl (C=O) groups is 1. The van der Waals surface area contributed by atoms with E-state index in [1.54, 1.807) is 0 Å². The summed E-state index contributed by atoms with van der Waals surface area (Å²) in [6.45, 7) is 6.71. The summed E-state index contributed by atoms with van der Waals surface area (Å²) in [5.41, 5.74) is 4.00. The lowest BCUT2D eigenvalue weighted by molar-refractivity contribution is -0.138. The van der Waals surface area contributed by atoms with Crippen LogP contribution in [0.2, 0.25) is 0 Å². The lowest BCUT2D eigenvalue weighted by Crippen LogP contribution is -2.15. The first-order valence-corrected chi connectivity index (χ1v) is 8.03. The molecule has 0 aromatic heterocycles. The Morgan fingerprint density at radius 2 is 1.87 bits per heavy atom. The molecule has 2 aromatic rings. The number of aryl methyl sites for hydroxylation is 2. The van der Waals surface area contributed by atoms with Crippen LogP contribution in [0, 0.1) is 13.8 Å². The van der Waals surface area contributed by atoms with Gasteiger partial charge in [0, 0.05) is 0 Å². The Labute approximate surface area is 137 Å². The molecule has 0 aliphatic carbocycles. The molecule has 0 fully saturated rings. The van der Waals surface area contributed by atoms with Crippen LogP contribution >= 0.6 is 0 Å².